The van der Waals surface area contributed by atoms with Gasteiger partial charge in [0.1, 0.15) is 0 Å². The summed E-state index contributed by atoms with van der Waals surface area (Å²) in [5.41, 5.74) is 4.86. The molecule has 0 bridgehead atoms. The van der Waals surface area contributed by atoms with Gasteiger partial charge in [0.25, 0.3) is 0 Å². The Morgan fingerprint density at radius 3 is 2.30 bits per heavy atom. The molecule has 3 rings (SSSR count). The number of hydrogen-bond acceptors (Lipinski definition) is 4. The van der Waals surface area contributed by atoms with Crippen LogP contribution in [0.1, 0.15) is 35.1 Å². The summed E-state index contributed by atoms with van der Waals surface area (Å²) in [6, 6.07) is 6.07. The van der Waals surface area contributed by atoms with Crippen LogP contribution in [0.15, 0.2) is 35.5 Å². The standard InChI is InChI=1S/C21H29N3O2S/c1-15-12-16(2)18(4)21(17(15)3)27(25,26)23-13-19-7-10-24(11-8-19)20-6-5-9-22-14-20/h5-6,9,12,14,19,23H,7-8,10-11,13H2,1-4H3. The first kappa shape index (κ1) is 19.8. The Morgan fingerprint density at radius 1 is 1.11 bits per heavy atom. The second kappa shape index (κ2) is 7.98. The monoisotopic (exact) mass is 387 g/mol. The van der Waals surface area contributed by atoms with Gasteiger partial charge in [0.2, 0.25) is 10.0 Å². The third-order valence-electron chi connectivity index (χ3n) is 5.75. The van der Waals surface area contributed by atoms with Gasteiger partial charge in [-0.15, -0.1) is 0 Å². The first-order valence-electron chi connectivity index (χ1n) is 9.51. The number of anilines is 1. The Labute approximate surface area is 162 Å². The van der Waals surface area contributed by atoms with E-state index in [1.165, 1.54) is 0 Å². The number of nitrogens with one attached hydrogen (secondary N) is 1. The average molecular weight is 388 g/mol. The Morgan fingerprint density at radius 2 is 1.74 bits per heavy atom. The molecule has 1 aromatic heterocycles. The summed E-state index contributed by atoms with van der Waals surface area (Å²) in [4.78, 5) is 6.95. The summed E-state index contributed by atoms with van der Waals surface area (Å²) in [5.74, 6) is 0.360. The Balaban J connectivity index is 1.64. The number of aryl methyl sites for hydroxylation is 2. The molecule has 0 radical (unpaired) electrons. The molecule has 1 aliphatic heterocycles. The summed E-state index contributed by atoms with van der Waals surface area (Å²) in [5, 5.41) is 0. The van der Waals surface area contributed by atoms with E-state index in [-0.39, 0.29) is 0 Å². The number of hydrogen-bond donors (Lipinski definition) is 1. The molecule has 1 fully saturated rings. The second-order valence-electron chi connectivity index (χ2n) is 7.58. The van der Waals surface area contributed by atoms with Crippen LogP contribution in [0.25, 0.3) is 0 Å². The molecule has 0 amide bonds. The lowest BCUT2D eigenvalue weighted by atomic mass is 9.97. The van der Waals surface area contributed by atoms with Gasteiger partial charge in [-0.3, -0.25) is 4.98 Å². The topological polar surface area (TPSA) is 62.3 Å². The van der Waals surface area contributed by atoms with Crippen LogP contribution in [-0.4, -0.2) is 33.0 Å². The van der Waals surface area contributed by atoms with Gasteiger partial charge in [-0.05, 0) is 80.8 Å². The van der Waals surface area contributed by atoms with Crippen molar-refractivity contribution in [3.05, 3.63) is 52.8 Å². The van der Waals surface area contributed by atoms with E-state index in [0.717, 1.165) is 53.9 Å². The Bertz CT molecular complexity index is 877. The zero-order valence-electron chi connectivity index (χ0n) is 16.6. The lowest BCUT2D eigenvalue weighted by Gasteiger charge is -2.33. The van der Waals surface area contributed by atoms with Gasteiger partial charge in [0, 0.05) is 25.8 Å². The van der Waals surface area contributed by atoms with Crippen molar-refractivity contribution in [3.63, 3.8) is 0 Å². The van der Waals surface area contributed by atoms with E-state index in [4.69, 9.17) is 0 Å². The predicted octanol–water partition coefficient (Wildman–Crippen LogP) is 3.51. The third kappa shape index (κ3) is 4.33. The largest absolute Gasteiger partial charge is 0.370 e. The molecular formula is C21H29N3O2S. The van der Waals surface area contributed by atoms with Gasteiger partial charge in [-0.2, -0.15) is 0 Å². The maximum atomic E-state index is 13.0. The van der Waals surface area contributed by atoms with Crippen LogP contribution >= 0.6 is 0 Å². The minimum atomic E-state index is -3.51. The zero-order valence-corrected chi connectivity index (χ0v) is 17.4. The highest BCUT2D eigenvalue weighted by molar-refractivity contribution is 7.89. The SMILES string of the molecule is Cc1cc(C)c(C)c(S(=O)(=O)NCC2CCN(c3cccnc3)CC2)c1C. The van der Waals surface area contributed by atoms with Crippen molar-refractivity contribution in [2.45, 2.75) is 45.4 Å². The number of benzene rings is 1. The van der Waals surface area contributed by atoms with Crippen molar-refractivity contribution in [2.75, 3.05) is 24.5 Å². The van der Waals surface area contributed by atoms with Crippen molar-refractivity contribution in [1.82, 2.24) is 9.71 Å². The lowest BCUT2D eigenvalue weighted by Crippen LogP contribution is -2.39. The third-order valence-corrected chi connectivity index (χ3v) is 7.45. The summed E-state index contributed by atoms with van der Waals surface area (Å²) in [6.45, 7) is 10.1. The number of pyridine rings is 1. The van der Waals surface area contributed by atoms with E-state index >= 15 is 0 Å². The fourth-order valence-electron chi connectivity index (χ4n) is 3.82. The van der Waals surface area contributed by atoms with Gasteiger partial charge in [0.05, 0.1) is 16.8 Å². The van der Waals surface area contributed by atoms with Crippen LogP contribution in [0.4, 0.5) is 5.69 Å². The zero-order chi connectivity index (χ0) is 19.6. The second-order valence-corrected chi connectivity index (χ2v) is 9.29. The fourth-order valence-corrected chi connectivity index (χ4v) is 5.55. The van der Waals surface area contributed by atoms with E-state index in [2.05, 4.69) is 26.7 Å². The van der Waals surface area contributed by atoms with Crippen LogP contribution in [-0.2, 0) is 10.0 Å². The average Bonchev–Trinajstić information content (AvgIpc) is 2.66. The summed E-state index contributed by atoms with van der Waals surface area (Å²) < 4.78 is 28.8. The van der Waals surface area contributed by atoms with Crippen molar-refractivity contribution in [1.29, 1.82) is 0 Å². The minimum absolute atomic E-state index is 0.360. The quantitative estimate of drug-likeness (QED) is 0.853. The Hall–Kier alpha value is -1.92. The molecule has 0 spiro atoms. The lowest BCUT2D eigenvalue weighted by molar-refractivity contribution is 0.402. The van der Waals surface area contributed by atoms with Crippen molar-refractivity contribution in [2.24, 2.45) is 5.92 Å². The molecule has 0 saturated carbocycles. The first-order chi connectivity index (χ1) is 12.8. The highest BCUT2D eigenvalue weighted by Crippen LogP contribution is 2.27. The number of sulfonamides is 1. The maximum absolute atomic E-state index is 13.0. The summed E-state index contributed by atoms with van der Waals surface area (Å²) >= 11 is 0. The molecule has 2 heterocycles. The molecule has 27 heavy (non-hydrogen) atoms. The predicted molar refractivity (Wildman–Crippen MR) is 110 cm³/mol. The van der Waals surface area contributed by atoms with Crippen molar-refractivity contribution in [3.8, 4) is 0 Å². The number of rotatable bonds is 5. The molecule has 0 atom stereocenters. The first-order valence-corrected chi connectivity index (χ1v) is 11.0. The molecule has 6 heteroatoms. The molecule has 2 aromatic rings. The van der Waals surface area contributed by atoms with Crippen LogP contribution in [0.5, 0.6) is 0 Å². The van der Waals surface area contributed by atoms with Gasteiger partial charge in [0.15, 0.2) is 0 Å². The maximum Gasteiger partial charge on any atom is 0.241 e. The molecule has 0 aliphatic carbocycles. The van der Waals surface area contributed by atoms with Crippen LogP contribution in [0, 0.1) is 33.6 Å². The van der Waals surface area contributed by atoms with E-state index in [9.17, 15) is 8.42 Å². The van der Waals surface area contributed by atoms with Crippen molar-refractivity contribution < 1.29 is 8.42 Å². The smallest absolute Gasteiger partial charge is 0.241 e. The van der Waals surface area contributed by atoms with Gasteiger partial charge in [-0.25, -0.2) is 13.1 Å². The molecule has 1 saturated heterocycles. The summed E-state index contributed by atoms with van der Waals surface area (Å²) in [6.07, 6.45) is 5.61. The van der Waals surface area contributed by atoms with Crippen molar-refractivity contribution >= 4 is 15.7 Å². The number of nitrogens with zero attached hydrogens (tertiary/aromatic N) is 2. The number of aromatic nitrogens is 1. The number of piperidine rings is 1. The van der Waals surface area contributed by atoms with E-state index in [1.807, 2.05) is 40.0 Å². The molecule has 1 aliphatic rings. The molecule has 1 aromatic carbocycles. The van der Waals surface area contributed by atoms with Gasteiger partial charge < -0.3 is 4.90 Å². The molecule has 0 unspecified atom stereocenters. The van der Waals surface area contributed by atoms with Crippen LogP contribution < -0.4 is 9.62 Å². The Kier molecular flexibility index (Phi) is 5.86. The van der Waals surface area contributed by atoms with Gasteiger partial charge >= 0.3 is 0 Å². The normalized spacial score (nSPS) is 15.9. The minimum Gasteiger partial charge on any atom is -0.370 e. The van der Waals surface area contributed by atoms with Gasteiger partial charge in [-0.1, -0.05) is 6.07 Å². The molecule has 1 N–H and O–H groups in total. The molecule has 146 valence electrons. The van der Waals surface area contributed by atoms with E-state index in [1.54, 1.807) is 6.20 Å². The van der Waals surface area contributed by atoms with E-state index in [0.29, 0.717) is 17.4 Å². The van der Waals surface area contributed by atoms with E-state index < -0.39 is 10.0 Å². The van der Waals surface area contributed by atoms with Crippen LogP contribution in [0.3, 0.4) is 0 Å². The highest BCUT2D eigenvalue weighted by Gasteiger charge is 2.25. The fraction of sp³-hybridized carbons (Fsp3) is 0.476. The highest BCUT2D eigenvalue weighted by atomic mass is 32.2. The molecular weight excluding hydrogens is 358 g/mol. The molecule has 5 nitrogen and oxygen atoms in total. The summed E-state index contributed by atoms with van der Waals surface area (Å²) in [7, 11) is -3.51. The van der Waals surface area contributed by atoms with Crippen LogP contribution in [0.2, 0.25) is 0 Å².